The van der Waals surface area contributed by atoms with Crippen molar-refractivity contribution in [3.8, 4) is 0 Å². The van der Waals surface area contributed by atoms with E-state index in [0.29, 0.717) is 11.4 Å². The Bertz CT molecular complexity index is 958. The zero-order valence-electron chi connectivity index (χ0n) is 15.3. The monoisotopic (exact) mass is 364 g/mol. The van der Waals surface area contributed by atoms with Gasteiger partial charge >= 0.3 is 0 Å². The molecule has 6 heteroatoms. The molecule has 138 valence electrons. The zero-order valence-corrected chi connectivity index (χ0v) is 15.3. The second-order valence-corrected chi connectivity index (χ2v) is 6.15. The average Bonchev–Trinajstić information content (AvgIpc) is 2.69. The Labute approximate surface area is 157 Å². The molecule has 2 aromatic carbocycles. The van der Waals surface area contributed by atoms with Gasteiger partial charge in [0.1, 0.15) is 23.7 Å². The predicted molar refractivity (Wildman–Crippen MR) is 103 cm³/mol. The van der Waals surface area contributed by atoms with Crippen LogP contribution in [-0.4, -0.2) is 15.9 Å². The lowest BCUT2D eigenvalue weighted by atomic mass is 10.1. The van der Waals surface area contributed by atoms with Crippen molar-refractivity contribution in [1.82, 2.24) is 15.3 Å². The minimum Gasteiger partial charge on any atom is -0.347 e. The van der Waals surface area contributed by atoms with Crippen molar-refractivity contribution < 1.29 is 9.18 Å². The third-order valence-corrected chi connectivity index (χ3v) is 4.29. The summed E-state index contributed by atoms with van der Waals surface area (Å²) in [5.41, 5.74) is 3.88. The Balaban J connectivity index is 1.74. The average molecular weight is 364 g/mol. The number of hydrogen-bond acceptors (Lipinski definition) is 4. The van der Waals surface area contributed by atoms with E-state index < -0.39 is 0 Å². The Hall–Kier alpha value is -3.28. The molecular formula is C21H21FN4O. The van der Waals surface area contributed by atoms with Crippen LogP contribution in [0.15, 0.2) is 54.9 Å². The molecule has 0 bridgehead atoms. The summed E-state index contributed by atoms with van der Waals surface area (Å²) in [4.78, 5) is 20.6. The minimum absolute atomic E-state index is 0.0933. The summed E-state index contributed by atoms with van der Waals surface area (Å²) in [5, 5.41) is 5.96. The lowest BCUT2D eigenvalue weighted by Gasteiger charge is -2.13. The van der Waals surface area contributed by atoms with Gasteiger partial charge in [0.15, 0.2) is 0 Å². The summed E-state index contributed by atoms with van der Waals surface area (Å²) in [6, 6.07) is 14.0. The fourth-order valence-electron chi connectivity index (χ4n) is 2.79. The molecule has 0 atom stereocenters. The SMILES string of the molecule is CCc1cccc(C)c1Nc1cc(C(=O)NCc2ccccc2F)ncn1. The number of hydrogen-bond donors (Lipinski definition) is 2. The molecule has 0 unspecified atom stereocenters. The van der Waals surface area contributed by atoms with E-state index in [1.807, 2.05) is 19.1 Å². The van der Waals surface area contributed by atoms with Crippen molar-refractivity contribution in [3.05, 3.63) is 83.1 Å². The number of aromatic nitrogens is 2. The number of rotatable bonds is 6. The van der Waals surface area contributed by atoms with Crippen molar-refractivity contribution >= 4 is 17.4 Å². The number of carbonyl (C=O) groups is 1. The molecule has 0 aliphatic carbocycles. The fourth-order valence-corrected chi connectivity index (χ4v) is 2.79. The first-order chi connectivity index (χ1) is 13.1. The standard InChI is InChI=1S/C21H21FN4O/c1-3-15-9-6-7-14(2)20(15)26-19-11-18(24-13-25-19)21(27)23-12-16-8-4-5-10-17(16)22/h4-11,13H,3,12H2,1-2H3,(H,23,27)(H,24,25,26). The Morgan fingerprint density at radius 2 is 1.85 bits per heavy atom. The smallest absolute Gasteiger partial charge is 0.270 e. The van der Waals surface area contributed by atoms with Crippen molar-refractivity contribution in [2.24, 2.45) is 0 Å². The van der Waals surface area contributed by atoms with Crippen LogP contribution in [-0.2, 0) is 13.0 Å². The maximum Gasteiger partial charge on any atom is 0.270 e. The molecule has 2 N–H and O–H groups in total. The number of aryl methyl sites for hydroxylation is 2. The molecule has 0 fully saturated rings. The third-order valence-electron chi connectivity index (χ3n) is 4.29. The van der Waals surface area contributed by atoms with Crippen LogP contribution in [0.5, 0.6) is 0 Å². The predicted octanol–water partition coefficient (Wildman–Crippen LogP) is 4.16. The molecule has 1 heterocycles. The minimum atomic E-state index is -0.385. The molecule has 27 heavy (non-hydrogen) atoms. The van der Waals surface area contributed by atoms with Crippen LogP contribution in [0.25, 0.3) is 0 Å². The number of nitrogens with one attached hydrogen (secondary N) is 2. The molecule has 0 radical (unpaired) electrons. The van der Waals surface area contributed by atoms with Gasteiger partial charge in [0.05, 0.1) is 0 Å². The molecule has 1 aromatic heterocycles. The Morgan fingerprint density at radius 1 is 1.07 bits per heavy atom. The maximum absolute atomic E-state index is 13.7. The number of para-hydroxylation sites is 1. The number of nitrogens with zero attached hydrogens (tertiary/aromatic N) is 2. The molecule has 0 saturated carbocycles. The van der Waals surface area contributed by atoms with Crippen LogP contribution in [0.2, 0.25) is 0 Å². The summed E-state index contributed by atoms with van der Waals surface area (Å²) in [7, 11) is 0. The van der Waals surface area contributed by atoms with E-state index in [1.54, 1.807) is 24.3 Å². The van der Waals surface area contributed by atoms with Gasteiger partial charge in [-0.3, -0.25) is 4.79 Å². The molecule has 5 nitrogen and oxygen atoms in total. The fraction of sp³-hybridized carbons (Fsp3) is 0.190. The molecule has 1 amide bonds. The Kier molecular flexibility index (Phi) is 5.76. The highest BCUT2D eigenvalue weighted by Crippen LogP contribution is 2.24. The van der Waals surface area contributed by atoms with Crippen molar-refractivity contribution in [3.63, 3.8) is 0 Å². The topological polar surface area (TPSA) is 66.9 Å². The van der Waals surface area contributed by atoms with Crippen LogP contribution in [0.1, 0.15) is 34.1 Å². The van der Waals surface area contributed by atoms with Crippen molar-refractivity contribution in [2.75, 3.05) is 5.32 Å². The lowest BCUT2D eigenvalue weighted by molar-refractivity contribution is 0.0945. The molecule has 0 aliphatic heterocycles. The van der Waals surface area contributed by atoms with Gasteiger partial charge in [0, 0.05) is 23.9 Å². The van der Waals surface area contributed by atoms with Gasteiger partial charge in [-0.15, -0.1) is 0 Å². The molecule has 3 aromatic rings. The van der Waals surface area contributed by atoms with Crippen molar-refractivity contribution in [1.29, 1.82) is 0 Å². The van der Waals surface area contributed by atoms with Crippen molar-refractivity contribution in [2.45, 2.75) is 26.8 Å². The number of benzene rings is 2. The first-order valence-corrected chi connectivity index (χ1v) is 8.77. The number of amides is 1. The van der Waals surface area contributed by atoms with Gasteiger partial charge in [-0.2, -0.15) is 0 Å². The molecule has 3 rings (SSSR count). The van der Waals surface area contributed by atoms with Gasteiger partial charge in [0.2, 0.25) is 0 Å². The van der Waals surface area contributed by atoms with E-state index in [0.717, 1.165) is 17.7 Å². The third kappa shape index (κ3) is 4.47. The van der Waals surface area contributed by atoms with Gasteiger partial charge in [0.25, 0.3) is 5.91 Å². The molecular weight excluding hydrogens is 343 g/mol. The maximum atomic E-state index is 13.7. The quantitative estimate of drug-likeness (QED) is 0.689. The number of halogens is 1. The molecule has 0 saturated heterocycles. The molecule has 0 spiro atoms. The van der Waals surface area contributed by atoms with Crippen LogP contribution >= 0.6 is 0 Å². The van der Waals surface area contributed by atoms with E-state index in [2.05, 4.69) is 33.6 Å². The summed E-state index contributed by atoms with van der Waals surface area (Å²) < 4.78 is 13.7. The van der Waals surface area contributed by atoms with Crippen LogP contribution in [0, 0.1) is 12.7 Å². The molecule has 0 aliphatic rings. The second kappa shape index (κ2) is 8.40. The number of anilines is 2. The van der Waals surface area contributed by atoms with Crippen LogP contribution in [0.4, 0.5) is 15.9 Å². The number of carbonyl (C=O) groups excluding carboxylic acids is 1. The normalized spacial score (nSPS) is 10.5. The van der Waals surface area contributed by atoms with E-state index in [4.69, 9.17) is 0 Å². The van der Waals surface area contributed by atoms with E-state index in [-0.39, 0.29) is 24.0 Å². The van der Waals surface area contributed by atoms with E-state index in [9.17, 15) is 9.18 Å². The zero-order chi connectivity index (χ0) is 19.2. The first kappa shape index (κ1) is 18.5. The van der Waals surface area contributed by atoms with Gasteiger partial charge in [-0.05, 0) is 30.5 Å². The summed E-state index contributed by atoms with van der Waals surface area (Å²) in [6.45, 7) is 4.20. The van der Waals surface area contributed by atoms with Crippen LogP contribution < -0.4 is 10.6 Å². The second-order valence-electron chi connectivity index (χ2n) is 6.15. The highest BCUT2D eigenvalue weighted by molar-refractivity contribution is 5.93. The summed E-state index contributed by atoms with van der Waals surface area (Å²) in [6.07, 6.45) is 2.22. The highest BCUT2D eigenvalue weighted by Gasteiger charge is 2.11. The van der Waals surface area contributed by atoms with Gasteiger partial charge in [-0.25, -0.2) is 14.4 Å². The summed E-state index contributed by atoms with van der Waals surface area (Å²) >= 11 is 0. The summed E-state index contributed by atoms with van der Waals surface area (Å²) in [5.74, 6) is -0.205. The lowest BCUT2D eigenvalue weighted by Crippen LogP contribution is -2.24. The van der Waals surface area contributed by atoms with E-state index in [1.165, 1.54) is 18.0 Å². The van der Waals surface area contributed by atoms with Gasteiger partial charge in [-0.1, -0.05) is 43.3 Å². The largest absolute Gasteiger partial charge is 0.347 e. The van der Waals surface area contributed by atoms with E-state index >= 15 is 0 Å². The van der Waals surface area contributed by atoms with Crippen LogP contribution in [0.3, 0.4) is 0 Å². The highest BCUT2D eigenvalue weighted by atomic mass is 19.1. The Morgan fingerprint density at radius 3 is 2.63 bits per heavy atom. The van der Waals surface area contributed by atoms with Gasteiger partial charge < -0.3 is 10.6 Å². The first-order valence-electron chi connectivity index (χ1n) is 8.77.